The summed E-state index contributed by atoms with van der Waals surface area (Å²) in [6, 6.07) is -0.721. The van der Waals surface area contributed by atoms with Crippen LogP contribution < -0.4 is 21.3 Å². The summed E-state index contributed by atoms with van der Waals surface area (Å²) >= 11 is 0. The summed E-state index contributed by atoms with van der Waals surface area (Å²) in [7, 11) is 1.77. The zero-order valence-corrected chi connectivity index (χ0v) is 19.8. The summed E-state index contributed by atoms with van der Waals surface area (Å²) in [5.74, 6) is 0.0911. The molecule has 7 nitrogen and oxygen atoms in total. The van der Waals surface area contributed by atoms with E-state index in [9.17, 15) is 14.4 Å². The van der Waals surface area contributed by atoms with Crippen LogP contribution in [0.2, 0.25) is 0 Å². The minimum Gasteiger partial charge on any atom is -0.356 e. The van der Waals surface area contributed by atoms with E-state index in [1.807, 2.05) is 6.92 Å². The van der Waals surface area contributed by atoms with Gasteiger partial charge in [0.05, 0.1) is 12.1 Å². The first-order valence-corrected chi connectivity index (χ1v) is 12.0. The highest BCUT2D eigenvalue weighted by Gasteiger charge is 2.23. The Morgan fingerprint density at radius 3 is 2.07 bits per heavy atom. The normalized spacial score (nSPS) is 12.9. The maximum atomic E-state index is 12.7. The molecule has 0 spiro atoms. The lowest BCUT2D eigenvalue weighted by Crippen LogP contribution is -2.49. The molecule has 0 rings (SSSR count). The number of carbonyl (C=O) groups is 3. The molecule has 0 saturated carbocycles. The van der Waals surface area contributed by atoms with E-state index in [1.54, 1.807) is 7.05 Å². The minimum absolute atomic E-state index is 0.0902. The van der Waals surface area contributed by atoms with E-state index in [0.29, 0.717) is 32.2 Å². The molecular weight excluding hydrogens is 380 g/mol. The van der Waals surface area contributed by atoms with Crippen molar-refractivity contribution in [1.29, 1.82) is 0 Å². The summed E-state index contributed by atoms with van der Waals surface area (Å²) in [6.07, 6.45) is 9.11. The average Bonchev–Trinajstić information content (AvgIpc) is 2.74. The van der Waals surface area contributed by atoms with Gasteiger partial charge in [-0.3, -0.25) is 14.4 Å². The van der Waals surface area contributed by atoms with Gasteiger partial charge >= 0.3 is 0 Å². The number of unbranched alkanes of at least 4 members (excludes halogenated alkanes) is 4. The number of nitrogens with one attached hydrogen (secondary N) is 4. The summed E-state index contributed by atoms with van der Waals surface area (Å²) < 4.78 is 0. The second-order valence-corrected chi connectivity index (χ2v) is 7.87. The van der Waals surface area contributed by atoms with Crippen LogP contribution in [0.25, 0.3) is 0 Å². The van der Waals surface area contributed by atoms with Gasteiger partial charge in [-0.15, -0.1) is 0 Å². The van der Waals surface area contributed by atoms with Gasteiger partial charge in [0.25, 0.3) is 0 Å². The number of Topliss-reactive ketones (excluding diaryl/α,β-unsaturated/α-hetero) is 1. The zero-order chi connectivity index (χ0) is 22.6. The molecule has 0 fully saturated rings. The van der Waals surface area contributed by atoms with Gasteiger partial charge in [-0.2, -0.15) is 0 Å². The first-order chi connectivity index (χ1) is 14.5. The van der Waals surface area contributed by atoms with E-state index in [0.717, 1.165) is 58.0 Å². The van der Waals surface area contributed by atoms with E-state index in [4.69, 9.17) is 0 Å². The van der Waals surface area contributed by atoms with Gasteiger partial charge in [0.15, 0.2) is 5.78 Å². The number of hydrogen-bond donors (Lipinski definition) is 4. The molecule has 176 valence electrons. The third-order valence-corrected chi connectivity index (χ3v) is 5.31. The zero-order valence-electron chi connectivity index (χ0n) is 19.8. The number of carbonyl (C=O) groups excluding carboxylic acids is 3. The van der Waals surface area contributed by atoms with E-state index < -0.39 is 6.04 Å². The Morgan fingerprint density at radius 2 is 1.47 bits per heavy atom. The molecule has 0 aromatic carbocycles. The number of ketones is 1. The number of likely N-dealkylation sites (N-methyl/N-ethyl adjacent to an activating group) is 1. The van der Waals surface area contributed by atoms with Crippen molar-refractivity contribution in [2.24, 2.45) is 0 Å². The molecule has 0 radical (unpaired) electrons. The molecule has 7 heteroatoms. The lowest BCUT2D eigenvalue weighted by molar-refractivity contribution is -0.129. The van der Waals surface area contributed by atoms with Gasteiger partial charge in [-0.1, -0.05) is 33.6 Å². The van der Waals surface area contributed by atoms with E-state index in [2.05, 4.69) is 35.1 Å². The van der Waals surface area contributed by atoms with Crippen molar-refractivity contribution in [3.63, 3.8) is 0 Å². The van der Waals surface area contributed by atoms with Crippen molar-refractivity contribution in [1.82, 2.24) is 21.3 Å². The van der Waals surface area contributed by atoms with Gasteiger partial charge in [0.1, 0.15) is 0 Å². The Balaban J connectivity index is 4.24. The number of amides is 2. The van der Waals surface area contributed by atoms with Crippen molar-refractivity contribution in [3.05, 3.63) is 0 Å². The second kappa shape index (κ2) is 19.5. The first-order valence-electron chi connectivity index (χ1n) is 12.0. The third-order valence-electron chi connectivity index (χ3n) is 5.31. The summed E-state index contributed by atoms with van der Waals surface area (Å²) in [5.41, 5.74) is 0. The molecule has 0 aromatic heterocycles. The highest BCUT2D eigenvalue weighted by Crippen LogP contribution is 2.07. The molecule has 0 aliphatic heterocycles. The maximum absolute atomic E-state index is 12.7. The van der Waals surface area contributed by atoms with Crippen LogP contribution >= 0.6 is 0 Å². The van der Waals surface area contributed by atoms with Crippen LogP contribution in [-0.4, -0.2) is 56.4 Å². The SMILES string of the molecule is CCCCCC(=O)NCCCCC(NC)C(=O)NC(CCCCNCC)C(=O)CC. The smallest absolute Gasteiger partial charge is 0.237 e. The van der Waals surface area contributed by atoms with Gasteiger partial charge in [-0.25, -0.2) is 0 Å². The summed E-state index contributed by atoms with van der Waals surface area (Å²) in [5, 5.41) is 12.2. The van der Waals surface area contributed by atoms with Crippen LogP contribution in [0.5, 0.6) is 0 Å². The van der Waals surface area contributed by atoms with Crippen molar-refractivity contribution >= 4 is 17.6 Å². The molecule has 0 aliphatic rings. The largest absolute Gasteiger partial charge is 0.356 e. The van der Waals surface area contributed by atoms with Crippen LogP contribution in [0.4, 0.5) is 0 Å². The molecule has 2 atom stereocenters. The fourth-order valence-electron chi connectivity index (χ4n) is 3.34. The van der Waals surface area contributed by atoms with Gasteiger partial charge in [-0.05, 0) is 65.1 Å². The van der Waals surface area contributed by atoms with Crippen LogP contribution in [0.1, 0.15) is 91.4 Å². The van der Waals surface area contributed by atoms with Crippen LogP contribution in [0.3, 0.4) is 0 Å². The van der Waals surface area contributed by atoms with Crippen molar-refractivity contribution in [3.8, 4) is 0 Å². The fraction of sp³-hybridized carbons (Fsp3) is 0.870. The standard InChI is InChI=1S/C23H46N4O3/c1-5-8-9-16-22(29)26-18-13-11-15-20(24-4)23(30)27-19(21(28)6-2)14-10-12-17-25-7-3/h19-20,24-25H,5-18H2,1-4H3,(H,26,29)(H,27,30). The Bertz CT molecular complexity index is 471. The molecular formula is C23H46N4O3. The molecule has 30 heavy (non-hydrogen) atoms. The molecule has 0 aliphatic carbocycles. The maximum Gasteiger partial charge on any atom is 0.237 e. The molecule has 2 amide bonds. The van der Waals surface area contributed by atoms with Crippen molar-refractivity contribution in [2.75, 3.05) is 26.7 Å². The van der Waals surface area contributed by atoms with Gasteiger partial charge in [0.2, 0.25) is 11.8 Å². The Labute approximate surface area is 183 Å². The minimum atomic E-state index is -0.401. The summed E-state index contributed by atoms with van der Waals surface area (Å²) in [4.78, 5) is 36.6. The lowest BCUT2D eigenvalue weighted by Gasteiger charge is -2.22. The van der Waals surface area contributed by atoms with E-state index in [1.165, 1.54) is 0 Å². The lowest BCUT2D eigenvalue weighted by atomic mass is 10.0. The predicted molar refractivity (Wildman–Crippen MR) is 123 cm³/mol. The van der Waals surface area contributed by atoms with Gasteiger partial charge in [0, 0.05) is 19.4 Å². The molecule has 0 saturated heterocycles. The topological polar surface area (TPSA) is 99.3 Å². The second-order valence-electron chi connectivity index (χ2n) is 7.87. The highest BCUT2D eigenvalue weighted by atomic mass is 16.2. The monoisotopic (exact) mass is 426 g/mol. The fourth-order valence-corrected chi connectivity index (χ4v) is 3.34. The van der Waals surface area contributed by atoms with Crippen molar-refractivity contribution < 1.29 is 14.4 Å². The molecule has 2 unspecified atom stereocenters. The Morgan fingerprint density at radius 1 is 0.800 bits per heavy atom. The number of hydrogen-bond acceptors (Lipinski definition) is 5. The first kappa shape index (κ1) is 28.5. The Hall–Kier alpha value is -1.47. The third kappa shape index (κ3) is 14.5. The Kier molecular flexibility index (Phi) is 18.5. The summed E-state index contributed by atoms with van der Waals surface area (Å²) in [6.45, 7) is 8.56. The quantitative estimate of drug-likeness (QED) is 0.224. The van der Waals surface area contributed by atoms with Crippen molar-refractivity contribution in [2.45, 2.75) is 103 Å². The number of rotatable bonds is 20. The van der Waals surface area contributed by atoms with Crippen LogP contribution in [0.15, 0.2) is 0 Å². The van der Waals surface area contributed by atoms with Gasteiger partial charge < -0.3 is 21.3 Å². The van der Waals surface area contributed by atoms with Crippen LogP contribution in [0, 0.1) is 0 Å². The predicted octanol–water partition coefficient (Wildman–Crippen LogP) is 2.68. The molecule has 0 bridgehead atoms. The van der Waals surface area contributed by atoms with Crippen LogP contribution in [-0.2, 0) is 14.4 Å². The molecule has 0 heterocycles. The highest BCUT2D eigenvalue weighted by molar-refractivity contribution is 5.90. The molecule has 0 aromatic rings. The van der Waals surface area contributed by atoms with E-state index in [-0.39, 0.29) is 23.6 Å². The average molecular weight is 427 g/mol. The molecule has 4 N–H and O–H groups in total. The van der Waals surface area contributed by atoms with E-state index >= 15 is 0 Å².